The molecule has 0 spiro atoms. The lowest BCUT2D eigenvalue weighted by atomic mass is 10.1. The fourth-order valence-electron chi connectivity index (χ4n) is 1.31. The maximum atomic E-state index is 5.71. The molecule has 1 aromatic rings. The number of benzene rings is 1. The Morgan fingerprint density at radius 2 is 2.07 bits per heavy atom. The van der Waals surface area contributed by atoms with Crippen LogP contribution in [0.4, 0.5) is 0 Å². The summed E-state index contributed by atoms with van der Waals surface area (Å²) in [6.45, 7) is 4.96. The van der Waals surface area contributed by atoms with Crippen molar-refractivity contribution in [1.82, 2.24) is 0 Å². The van der Waals surface area contributed by atoms with Gasteiger partial charge in [-0.25, -0.2) is 0 Å². The first-order valence-electron chi connectivity index (χ1n) is 4.66. The van der Waals surface area contributed by atoms with E-state index in [1.54, 1.807) is 0 Å². The second-order valence-electron chi connectivity index (χ2n) is 3.19. The van der Waals surface area contributed by atoms with Gasteiger partial charge in [0, 0.05) is 15.4 Å². The van der Waals surface area contributed by atoms with Crippen LogP contribution in [-0.4, -0.2) is 6.61 Å². The van der Waals surface area contributed by atoms with E-state index in [0.29, 0.717) is 0 Å². The van der Waals surface area contributed by atoms with E-state index < -0.39 is 0 Å². The third-order valence-corrected chi connectivity index (χ3v) is 2.97. The molecule has 0 fully saturated rings. The molecule has 1 nitrogen and oxygen atoms in total. The molecule has 0 saturated carbocycles. The summed E-state index contributed by atoms with van der Waals surface area (Å²) in [6.07, 6.45) is 1.04. The van der Waals surface area contributed by atoms with Crippen LogP contribution in [0.15, 0.2) is 16.6 Å². The van der Waals surface area contributed by atoms with Crippen molar-refractivity contribution >= 4 is 31.9 Å². The Bertz CT molecular complexity index is 310. The Morgan fingerprint density at radius 1 is 1.36 bits per heavy atom. The predicted molar refractivity (Wildman–Crippen MR) is 67.3 cm³/mol. The average Bonchev–Trinajstić information content (AvgIpc) is 2.15. The zero-order valence-corrected chi connectivity index (χ0v) is 11.6. The van der Waals surface area contributed by atoms with Crippen LogP contribution >= 0.6 is 31.9 Å². The third kappa shape index (κ3) is 2.99. The minimum atomic E-state index is 0.780. The largest absolute Gasteiger partial charge is 0.493 e. The number of halogens is 2. The summed E-state index contributed by atoms with van der Waals surface area (Å²) in [6, 6.07) is 4.17. The van der Waals surface area contributed by atoms with E-state index in [1.165, 1.54) is 11.1 Å². The topological polar surface area (TPSA) is 9.23 Å². The summed E-state index contributed by atoms with van der Waals surface area (Å²) >= 11 is 6.95. The molecule has 78 valence electrons. The van der Waals surface area contributed by atoms with Gasteiger partial charge in [-0.1, -0.05) is 38.8 Å². The fraction of sp³-hybridized carbons (Fsp3) is 0.455. The van der Waals surface area contributed by atoms with Crippen molar-refractivity contribution in [3.05, 3.63) is 27.7 Å². The van der Waals surface area contributed by atoms with E-state index >= 15 is 0 Å². The average molecular weight is 322 g/mol. The van der Waals surface area contributed by atoms with Gasteiger partial charge in [0.25, 0.3) is 0 Å². The van der Waals surface area contributed by atoms with Crippen LogP contribution in [0.25, 0.3) is 0 Å². The molecule has 0 N–H and O–H groups in total. The van der Waals surface area contributed by atoms with Crippen molar-refractivity contribution in [3.8, 4) is 5.75 Å². The van der Waals surface area contributed by atoms with E-state index in [-0.39, 0.29) is 0 Å². The van der Waals surface area contributed by atoms with Gasteiger partial charge in [0.1, 0.15) is 5.75 Å². The van der Waals surface area contributed by atoms with Crippen molar-refractivity contribution < 1.29 is 4.74 Å². The standard InChI is InChI=1S/C11H14Br2O/c1-3-4-14-11-8(2)5-10(13)6-9(11)7-12/h5-6H,3-4,7H2,1-2H3. The predicted octanol–water partition coefficient (Wildman–Crippen LogP) is 4.44. The summed E-state index contributed by atoms with van der Waals surface area (Å²) in [7, 11) is 0. The zero-order valence-electron chi connectivity index (χ0n) is 8.44. The summed E-state index contributed by atoms with van der Waals surface area (Å²) in [5, 5.41) is 0.826. The highest BCUT2D eigenvalue weighted by Crippen LogP contribution is 2.29. The van der Waals surface area contributed by atoms with Gasteiger partial charge in [-0.05, 0) is 31.0 Å². The molecular weight excluding hydrogens is 308 g/mol. The highest BCUT2D eigenvalue weighted by atomic mass is 79.9. The first-order valence-corrected chi connectivity index (χ1v) is 6.58. The van der Waals surface area contributed by atoms with E-state index in [1.807, 2.05) is 0 Å². The zero-order chi connectivity index (χ0) is 10.6. The molecule has 0 unspecified atom stereocenters. The Hall–Kier alpha value is -0.0200. The van der Waals surface area contributed by atoms with E-state index in [4.69, 9.17) is 4.74 Å². The highest BCUT2D eigenvalue weighted by molar-refractivity contribution is 9.10. The minimum absolute atomic E-state index is 0.780. The van der Waals surface area contributed by atoms with Gasteiger partial charge in [-0.15, -0.1) is 0 Å². The van der Waals surface area contributed by atoms with Crippen LogP contribution in [0.1, 0.15) is 24.5 Å². The van der Waals surface area contributed by atoms with Crippen LogP contribution in [0.2, 0.25) is 0 Å². The fourth-order valence-corrected chi connectivity index (χ4v) is 2.35. The SMILES string of the molecule is CCCOc1c(C)cc(Br)cc1CBr. The summed E-state index contributed by atoms with van der Waals surface area (Å²) < 4.78 is 6.82. The summed E-state index contributed by atoms with van der Waals surface area (Å²) in [5.41, 5.74) is 2.38. The number of hydrogen-bond acceptors (Lipinski definition) is 1. The molecule has 0 atom stereocenters. The van der Waals surface area contributed by atoms with Gasteiger partial charge < -0.3 is 4.74 Å². The van der Waals surface area contributed by atoms with Crippen LogP contribution in [0.5, 0.6) is 5.75 Å². The lowest BCUT2D eigenvalue weighted by Gasteiger charge is -2.12. The molecule has 0 aromatic heterocycles. The van der Waals surface area contributed by atoms with Gasteiger partial charge >= 0.3 is 0 Å². The number of rotatable bonds is 4. The normalized spacial score (nSPS) is 10.3. The van der Waals surface area contributed by atoms with Gasteiger partial charge in [0.15, 0.2) is 0 Å². The van der Waals surface area contributed by atoms with Crippen LogP contribution < -0.4 is 4.74 Å². The second kappa shape index (κ2) is 5.76. The van der Waals surface area contributed by atoms with Crippen LogP contribution in [-0.2, 0) is 5.33 Å². The van der Waals surface area contributed by atoms with E-state index in [0.717, 1.165) is 28.6 Å². The molecule has 3 heteroatoms. The molecule has 1 rings (SSSR count). The number of alkyl halides is 1. The van der Waals surface area contributed by atoms with Gasteiger partial charge in [0.2, 0.25) is 0 Å². The molecule has 0 radical (unpaired) electrons. The first kappa shape index (κ1) is 12.1. The summed E-state index contributed by atoms with van der Waals surface area (Å²) in [4.78, 5) is 0. The van der Waals surface area contributed by atoms with Crippen LogP contribution in [0.3, 0.4) is 0 Å². The quantitative estimate of drug-likeness (QED) is 0.745. The molecule has 0 aliphatic carbocycles. The van der Waals surface area contributed by atoms with E-state index in [2.05, 4.69) is 57.8 Å². The van der Waals surface area contributed by atoms with Crippen LogP contribution in [0, 0.1) is 6.92 Å². The van der Waals surface area contributed by atoms with Crippen molar-refractivity contribution in [1.29, 1.82) is 0 Å². The number of aryl methyl sites for hydroxylation is 1. The molecule has 0 amide bonds. The smallest absolute Gasteiger partial charge is 0.126 e. The monoisotopic (exact) mass is 320 g/mol. The second-order valence-corrected chi connectivity index (χ2v) is 4.67. The molecule has 0 saturated heterocycles. The van der Waals surface area contributed by atoms with Crippen molar-refractivity contribution in [2.24, 2.45) is 0 Å². The van der Waals surface area contributed by atoms with Crippen molar-refractivity contribution in [2.75, 3.05) is 6.61 Å². The lowest BCUT2D eigenvalue weighted by molar-refractivity contribution is 0.313. The molecule has 0 aliphatic heterocycles. The van der Waals surface area contributed by atoms with Gasteiger partial charge in [-0.3, -0.25) is 0 Å². The summed E-state index contributed by atoms with van der Waals surface area (Å²) in [5.74, 6) is 1.02. The Balaban J connectivity index is 2.99. The highest BCUT2D eigenvalue weighted by Gasteiger charge is 2.07. The maximum Gasteiger partial charge on any atom is 0.126 e. The lowest BCUT2D eigenvalue weighted by Crippen LogP contribution is -2.00. The Labute approximate surface area is 102 Å². The first-order chi connectivity index (χ1) is 6.69. The maximum absolute atomic E-state index is 5.71. The van der Waals surface area contributed by atoms with E-state index in [9.17, 15) is 0 Å². The van der Waals surface area contributed by atoms with Gasteiger partial charge in [-0.2, -0.15) is 0 Å². The number of hydrogen-bond donors (Lipinski definition) is 0. The minimum Gasteiger partial charge on any atom is -0.493 e. The molecular formula is C11H14Br2O. The van der Waals surface area contributed by atoms with Crippen molar-refractivity contribution in [2.45, 2.75) is 25.6 Å². The van der Waals surface area contributed by atoms with Gasteiger partial charge in [0.05, 0.1) is 6.61 Å². The van der Waals surface area contributed by atoms with Crippen molar-refractivity contribution in [3.63, 3.8) is 0 Å². The Morgan fingerprint density at radius 3 is 2.64 bits per heavy atom. The number of ether oxygens (including phenoxy) is 1. The molecule has 0 aliphatic rings. The molecule has 0 heterocycles. The third-order valence-electron chi connectivity index (χ3n) is 1.91. The molecule has 1 aromatic carbocycles. The Kier molecular flexibility index (Phi) is 4.96. The molecule has 14 heavy (non-hydrogen) atoms. The molecule has 0 bridgehead atoms.